The highest BCUT2D eigenvalue weighted by atomic mass is 16.5. The summed E-state index contributed by atoms with van der Waals surface area (Å²) in [7, 11) is 0. The van der Waals surface area contributed by atoms with Crippen LogP contribution in [0.2, 0.25) is 0 Å². The van der Waals surface area contributed by atoms with Crippen LogP contribution in [0, 0.1) is 23.7 Å². The van der Waals surface area contributed by atoms with Gasteiger partial charge in [0.2, 0.25) is 5.75 Å². The van der Waals surface area contributed by atoms with Crippen LogP contribution < -0.4 is 4.74 Å². The summed E-state index contributed by atoms with van der Waals surface area (Å²) in [5.74, 6) is 3.77. The maximum Gasteiger partial charge on any atom is 0.200 e. The molecule has 0 aliphatic heterocycles. The van der Waals surface area contributed by atoms with Crippen LogP contribution in [0.5, 0.6) is 17.2 Å². The van der Waals surface area contributed by atoms with E-state index in [1.165, 1.54) is 64.2 Å². The first-order valence-corrected chi connectivity index (χ1v) is 11.8. The predicted octanol–water partition coefficient (Wildman–Crippen LogP) is 6.84. The van der Waals surface area contributed by atoms with Gasteiger partial charge in [0.1, 0.15) is 0 Å². The molecule has 3 heteroatoms. The lowest BCUT2D eigenvalue weighted by Crippen LogP contribution is -2.27. The van der Waals surface area contributed by atoms with Crippen molar-refractivity contribution in [2.24, 2.45) is 23.7 Å². The minimum Gasteiger partial charge on any atom is -0.504 e. The van der Waals surface area contributed by atoms with Gasteiger partial charge in [-0.05, 0) is 80.2 Å². The second-order valence-electron chi connectivity index (χ2n) is 9.33. The molecule has 28 heavy (non-hydrogen) atoms. The van der Waals surface area contributed by atoms with E-state index in [-0.39, 0.29) is 11.5 Å². The molecule has 0 radical (unpaired) electrons. The molecule has 1 aromatic carbocycles. The maximum absolute atomic E-state index is 10.2. The molecule has 2 aliphatic carbocycles. The summed E-state index contributed by atoms with van der Waals surface area (Å²) in [6.45, 7) is 5.03. The van der Waals surface area contributed by atoms with E-state index in [1.807, 2.05) is 6.07 Å². The Morgan fingerprint density at radius 2 is 1.39 bits per heavy atom. The molecule has 0 unspecified atom stereocenters. The van der Waals surface area contributed by atoms with Crippen molar-refractivity contribution >= 4 is 0 Å². The van der Waals surface area contributed by atoms with Gasteiger partial charge in [0, 0.05) is 0 Å². The number of aromatic hydroxyl groups is 2. The topological polar surface area (TPSA) is 49.7 Å². The van der Waals surface area contributed by atoms with Crippen LogP contribution in [-0.4, -0.2) is 16.8 Å². The number of hydrogen-bond donors (Lipinski definition) is 2. The van der Waals surface area contributed by atoms with Crippen molar-refractivity contribution in [1.82, 2.24) is 0 Å². The Hall–Kier alpha value is -1.38. The third-order valence-electron chi connectivity index (χ3n) is 7.34. The second kappa shape index (κ2) is 10.4. The fourth-order valence-corrected chi connectivity index (χ4v) is 5.58. The Balaban J connectivity index is 1.42. The van der Waals surface area contributed by atoms with Gasteiger partial charge in [0.15, 0.2) is 11.5 Å². The van der Waals surface area contributed by atoms with Crippen molar-refractivity contribution in [3.63, 3.8) is 0 Å². The summed E-state index contributed by atoms with van der Waals surface area (Å²) in [5.41, 5.74) is 0.793. The molecule has 2 saturated carbocycles. The smallest absolute Gasteiger partial charge is 0.200 e. The number of ether oxygens (including phenoxy) is 1. The number of hydrogen-bond acceptors (Lipinski definition) is 3. The molecular formula is C25H40O3. The van der Waals surface area contributed by atoms with Gasteiger partial charge >= 0.3 is 0 Å². The highest BCUT2D eigenvalue weighted by Gasteiger charge is 2.31. The molecule has 1 aromatic rings. The summed E-state index contributed by atoms with van der Waals surface area (Å²) >= 11 is 0. The molecule has 158 valence electrons. The lowest BCUT2D eigenvalue weighted by molar-refractivity contribution is 0.121. The molecule has 0 atom stereocenters. The van der Waals surface area contributed by atoms with Crippen molar-refractivity contribution < 1.29 is 14.9 Å². The molecule has 0 spiro atoms. The summed E-state index contributed by atoms with van der Waals surface area (Å²) in [6, 6.07) is 3.68. The minimum atomic E-state index is -0.0940. The minimum absolute atomic E-state index is 0.0123. The quantitative estimate of drug-likeness (QED) is 0.479. The third-order valence-corrected chi connectivity index (χ3v) is 7.34. The Bertz CT molecular complexity index is 596. The molecule has 2 N–H and O–H groups in total. The average Bonchev–Trinajstić information content (AvgIpc) is 2.72. The van der Waals surface area contributed by atoms with Gasteiger partial charge in [-0.2, -0.15) is 0 Å². The molecule has 0 amide bonds. The van der Waals surface area contributed by atoms with E-state index in [1.54, 1.807) is 6.07 Å². The first-order chi connectivity index (χ1) is 13.6. The molecule has 3 nitrogen and oxygen atoms in total. The summed E-state index contributed by atoms with van der Waals surface area (Å²) in [4.78, 5) is 0. The number of phenolic OH excluding ortho intramolecular Hbond substituents is 2. The summed E-state index contributed by atoms with van der Waals surface area (Å²) in [5, 5.41) is 20.4. The van der Waals surface area contributed by atoms with Crippen molar-refractivity contribution in [1.29, 1.82) is 0 Å². The molecule has 2 fully saturated rings. The van der Waals surface area contributed by atoms with Crippen LogP contribution in [-0.2, 0) is 6.42 Å². The van der Waals surface area contributed by atoms with E-state index in [9.17, 15) is 10.2 Å². The van der Waals surface area contributed by atoms with Gasteiger partial charge in [0.25, 0.3) is 0 Å². The Labute approximate surface area is 171 Å². The lowest BCUT2D eigenvalue weighted by atomic mass is 9.69. The fraction of sp³-hybridized carbons (Fsp3) is 0.760. The van der Waals surface area contributed by atoms with Gasteiger partial charge < -0.3 is 14.9 Å². The predicted molar refractivity (Wildman–Crippen MR) is 115 cm³/mol. The van der Waals surface area contributed by atoms with Crippen LogP contribution in [0.15, 0.2) is 12.1 Å². The number of phenols is 2. The van der Waals surface area contributed by atoms with E-state index in [0.29, 0.717) is 18.3 Å². The van der Waals surface area contributed by atoms with Crippen LogP contribution in [0.1, 0.15) is 90.0 Å². The van der Waals surface area contributed by atoms with Gasteiger partial charge in [-0.15, -0.1) is 0 Å². The lowest BCUT2D eigenvalue weighted by Gasteiger charge is -2.37. The molecule has 0 heterocycles. The molecule has 0 aromatic heterocycles. The molecule has 2 aliphatic rings. The molecule has 3 rings (SSSR count). The van der Waals surface area contributed by atoms with Crippen LogP contribution in [0.25, 0.3) is 0 Å². The summed E-state index contributed by atoms with van der Waals surface area (Å²) in [6.07, 6.45) is 15.4. The van der Waals surface area contributed by atoms with E-state index < -0.39 is 0 Å². The highest BCUT2D eigenvalue weighted by molar-refractivity contribution is 5.53. The number of aryl methyl sites for hydroxylation is 1. The van der Waals surface area contributed by atoms with Crippen LogP contribution >= 0.6 is 0 Å². The zero-order valence-electron chi connectivity index (χ0n) is 18.0. The number of benzene rings is 1. The summed E-state index contributed by atoms with van der Waals surface area (Å²) < 4.78 is 5.90. The van der Waals surface area contributed by atoms with Crippen molar-refractivity contribution in [3.8, 4) is 17.2 Å². The molecular weight excluding hydrogens is 348 g/mol. The average molecular weight is 389 g/mol. The highest BCUT2D eigenvalue weighted by Crippen LogP contribution is 2.43. The Morgan fingerprint density at radius 1 is 0.786 bits per heavy atom. The van der Waals surface area contributed by atoms with Crippen molar-refractivity contribution in [2.45, 2.75) is 90.9 Å². The Kier molecular flexibility index (Phi) is 7.93. The Morgan fingerprint density at radius 3 is 1.96 bits per heavy atom. The van der Waals surface area contributed by atoms with Gasteiger partial charge in [-0.25, -0.2) is 0 Å². The third kappa shape index (κ3) is 5.36. The van der Waals surface area contributed by atoms with Crippen molar-refractivity contribution in [3.05, 3.63) is 17.7 Å². The first-order valence-electron chi connectivity index (χ1n) is 11.8. The van der Waals surface area contributed by atoms with Crippen molar-refractivity contribution in [2.75, 3.05) is 6.61 Å². The maximum atomic E-state index is 10.2. The molecule has 0 saturated heterocycles. The van der Waals surface area contributed by atoms with Crippen LogP contribution in [0.4, 0.5) is 0 Å². The molecule has 0 bridgehead atoms. The van der Waals surface area contributed by atoms with E-state index in [0.717, 1.165) is 36.2 Å². The fourth-order valence-electron chi connectivity index (χ4n) is 5.58. The largest absolute Gasteiger partial charge is 0.504 e. The zero-order valence-corrected chi connectivity index (χ0v) is 18.0. The zero-order chi connectivity index (χ0) is 19.9. The van der Waals surface area contributed by atoms with E-state index in [4.69, 9.17) is 4.74 Å². The van der Waals surface area contributed by atoms with Gasteiger partial charge in [-0.1, -0.05) is 52.0 Å². The van der Waals surface area contributed by atoms with E-state index in [2.05, 4.69) is 13.8 Å². The van der Waals surface area contributed by atoms with E-state index >= 15 is 0 Å². The monoisotopic (exact) mass is 388 g/mol. The first kappa shape index (κ1) is 21.3. The van der Waals surface area contributed by atoms with Crippen LogP contribution in [0.3, 0.4) is 0 Å². The second-order valence-corrected chi connectivity index (χ2v) is 9.33. The van der Waals surface area contributed by atoms with Gasteiger partial charge in [0.05, 0.1) is 6.61 Å². The SMILES string of the molecule is CCCc1ccc(OCC2CCC(C3CCC(CCC)CC3)CC2)c(O)c1O. The normalized spacial score (nSPS) is 28.2. The van der Waals surface area contributed by atoms with Gasteiger partial charge in [-0.3, -0.25) is 0 Å². The standard InChI is InChI=1S/C25H40O3/c1-3-5-18-7-11-20(12-8-18)21-13-9-19(10-14-21)17-28-23-16-15-22(6-4-2)24(26)25(23)27/h15-16,18-21,26-27H,3-14,17H2,1-2H3. The number of rotatable bonds is 8.